The van der Waals surface area contributed by atoms with Crippen molar-refractivity contribution in [3.63, 3.8) is 0 Å². The molecule has 3 aliphatic rings. The minimum absolute atomic E-state index is 0. The number of ether oxygens (including phenoxy) is 1. The smallest absolute Gasteiger partial charge is 0.222 e. The number of likely N-dealkylation sites (tertiary alicyclic amines) is 2. The number of carbonyl (C=O) groups excluding carboxylic acids is 1. The van der Waals surface area contributed by atoms with E-state index in [1.807, 2.05) is 4.90 Å². The first kappa shape index (κ1) is 23.7. The molecule has 28 heavy (non-hydrogen) atoms. The van der Waals surface area contributed by atoms with Crippen LogP contribution < -0.4 is 5.32 Å². The highest BCUT2D eigenvalue weighted by Gasteiger charge is 2.30. The zero-order valence-corrected chi connectivity index (χ0v) is 19.7. The lowest BCUT2D eigenvalue weighted by molar-refractivity contribution is -0.130. The second-order valence-corrected chi connectivity index (χ2v) is 7.82. The lowest BCUT2D eigenvalue weighted by Gasteiger charge is -2.32. The van der Waals surface area contributed by atoms with Gasteiger partial charge in [0.2, 0.25) is 5.91 Å². The second kappa shape index (κ2) is 12.8. The number of nitrogens with zero attached hydrogens (tertiary/aromatic N) is 4. The van der Waals surface area contributed by atoms with Crippen molar-refractivity contribution < 1.29 is 9.53 Å². The fourth-order valence-corrected chi connectivity index (χ4v) is 4.32. The Bertz CT molecular complexity index is 499. The number of aliphatic imine (C=N–C) groups is 1. The van der Waals surface area contributed by atoms with Crippen LogP contribution in [-0.4, -0.2) is 98.2 Å². The number of amides is 1. The summed E-state index contributed by atoms with van der Waals surface area (Å²) < 4.78 is 5.48. The molecule has 3 aliphatic heterocycles. The Morgan fingerprint density at radius 3 is 2.79 bits per heavy atom. The van der Waals surface area contributed by atoms with Crippen LogP contribution in [0.15, 0.2) is 4.99 Å². The number of guanidine groups is 1. The molecule has 0 aromatic heterocycles. The molecule has 1 unspecified atom stereocenters. The van der Waals surface area contributed by atoms with E-state index in [0.717, 1.165) is 97.2 Å². The Labute approximate surface area is 187 Å². The summed E-state index contributed by atoms with van der Waals surface area (Å²) in [5, 5.41) is 3.46. The number of nitrogens with one attached hydrogen (secondary N) is 1. The number of hydrogen-bond acceptors (Lipinski definition) is 4. The largest absolute Gasteiger partial charge is 0.379 e. The van der Waals surface area contributed by atoms with E-state index in [-0.39, 0.29) is 24.0 Å². The summed E-state index contributed by atoms with van der Waals surface area (Å²) in [5.74, 6) is 1.37. The SMILES string of the molecule is CCNC(=NCCCN1CCCCCC1=O)N1CCC(N2CCOCC2)C1.I. The molecule has 0 radical (unpaired) electrons. The molecular weight excluding hydrogens is 469 g/mol. The van der Waals surface area contributed by atoms with Gasteiger partial charge in [0, 0.05) is 64.8 Å². The van der Waals surface area contributed by atoms with Crippen LogP contribution in [0, 0.1) is 0 Å². The highest BCUT2D eigenvalue weighted by Crippen LogP contribution is 2.17. The van der Waals surface area contributed by atoms with Gasteiger partial charge in [-0.1, -0.05) is 6.42 Å². The van der Waals surface area contributed by atoms with E-state index in [0.29, 0.717) is 11.9 Å². The van der Waals surface area contributed by atoms with Crippen LogP contribution in [0.3, 0.4) is 0 Å². The Balaban J connectivity index is 0.00000280. The van der Waals surface area contributed by atoms with Crippen LogP contribution in [-0.2, 0) is 9.53 Å². The van der Waals surface area contributed by atoms with Gasteiger partial charge >= 0.3 is 0 Å². The number of carbonyl (C=O) groups is 1. The lowest BCUT2D eigenvalue weighted by atomic mass is 10.2. The van der Waals surface area contributed by atoms with Gasteiger partial charge in [0.1, 0.15) is 0 Å². The van der Waals surface area contributed by atoms with Crippen LogP contribution in [0.4, 0.5) is 0 Å². The van der Waals surface area contributed by atoms with E-state index in [1.54, 1.807) is 0 Å². The second-order valence-electron chi connectivity index (χ2n) is 7.82. The molecule has 0 aliphatic carbocycles. The Morgan fingerprint density at radius 2 is 2.00 bits per heavy atom. The summed E-state index contributed by atoms with van der Waals surface area (Å²) in [4.78, 5) is 24.0. The molecule has 0 spiro atoms. The number of rotatable bonds is 6. The molecule has 3 saturated heterocycles. The van der Waals surface area contributed by atoms with Crippen molar-refractivity contribution >= 4 is 35.8 Å². The maximum Gasteiger partial charge on any atom is 0.222 e. The third-order valence-corrected chi connectivity index (χ3v) is 5.88. The molecule has 0 bridgehead atoms. The van der Waals surface area contributed by atoms with E-state index < -0.39 is 0 Å². The molecule has 1 amide bonds. The van der Waals surface area contributed by atoms with Crippen molar-refractivity contribution in [1.29, 1.82) is 0 Å². The molecule has 0 saturated carbocycles. The summed E-state index contributed by atoms with van der Waals surface area (Å²) in [6.07, 6.45) is 6.26. The topological polar surface area (TPSA) is 60.4 Å². The van der Waals surface area contributed by atoms with Gasteiger partial charge in [-0.05, 0) is 32.6 Å². The van der Waals surface area contributed by atoms with Crippen molar-refractivity contribution in [2.45, 2.75) is 51.5 Å². The van der Waals surface area contributed by atoms with Gasteiger partial charge in [0.25, 0.3) is 0 Å². The highest BCUT2D eigenvalue weighted by molar-refractivity contribution is 14.0. The molecule has 8 heteroatoms. The normalized spacial score (nSPS) is 24.8. The Morgan fingerprint density at radius 1 is 1.18 bits per heavy atom. The minimum atomic E-state index is 0. The molecule has 0 aromatic rings. The first-order valence-electron chi connectivity index (χ1n) is 10.9. The summed E-state index contributed by atoms with van der Waals surface area (Å²) in [7, 11) is 0. The predicted molar refractivity (Wildman–Crippen MR) is 123 cm³/mol. The fraction of sp³-hybridized carbons (Fsp3) is 0.900. The van der Waals surface area contributed by atoms with Gasteiger partial charge in [0.05, 0.1) is 13.2 Å². The molecule has 162 valence electrons. The molecule has 3 rings (SSSR count). The van der Waals surface area contributed by atoms with Gasteiger partial charge in [-0.3, -0.25) is 14.7 Å². The quantitative estimate of drug-likeness (QED) is 0.257. The van der Waals surface area contributed by atoms with Crippen LogP contribution in [0.1, 0.15) is 45.4 Å². The van der Waals surface area contributed by atoms with E-state index >= 15 is 0 Å². The highest BCUT2D eigenvalue weighted by atomic mass is 127. The third kappa shape index (κ3) is 7.02. The summed E-state index contributed by atoms with van der Waals surface area (Å²) in [6.45, 7) is 11.5. The fourth-order valence-electron chi connectivity index (χ4n) is 4.32. The van der Waals surface area contributed by atoms with Crippen molar-refractivity contribution in [3.05, 3.63) is 0 Å². The summed E-state index contributed by atoms with van der Waals surface area (Å²) >= 11 is 0. The molecule has 0 aromatic carbocycles. The zero-order chi connectivity index (χ0) is 18.9. The molecule has 1 N–H and O–H groups in total. The third-order valence-electron chi connectivity index (χ3n) is 5.88. The Hall–Kier alpha value is -0.610. The number of hydrogen-bond donors (Lipinski definition) is 1. The van der Waals surface area contributed by atoms with Gasteiger partial charge in [-0.15, -0.1) is 24.0 Å². The molecule has 3 fully saturated rings. The van der Waals surface area contributed by atoms with Crippen molar-refractivity contribution in [3.8, 4) is 0 Å². The maximum atomic E-state index is 12.1. The van der Waals surface area contributed by atoms with Gasteiger partial charge < -0.3 is 19.9 Å². The molecule has 1 atom stereocenters. The molecule has 7 nitrogen and oxygen atoms in total. The van der Waals surface area contributed by atoms with E-state index in [2.05, 4.69) is 22.0 Å². The van der Waals surface area contributed by atoms with Crippen LogP contribution in [0.2, 0.25) is 0 Å². The first-order valence-corrected chi connectivity index (χ1v) is 10.9. The van der Waals surface area contributed by atoms with E-state index in [4.69, 9.17) is 9.73 Å². The first-order chi connectivity index (χ1) is 13.3. The minimum Gasteiger partial charge on any atom is -0.379 e. The zero-order valence-electron chi connectivity index (χ0n) is 17.4. The number of morpholine rings is 1. The van der Waals surface area contributed by atoms with Crippen molar-refractivity contribution in [2.75, 3.05) is 65.6 Å². The average molecular weight is 507 g/mol. The molecular formula is C20H38IN5O2. The predicted octanol–water partition coefficient (Wildman–Crippen LogP) is 1.77. The average Bonchev–Trinajstić information content (AvgIpc) is 3.10. The van der Waals surface area contributed by atoms with Crippen molar-refractivity contribution in [2.24, 2.45) is 4.99 Å². The van der Waals surface area contributed by atoms with Gasteiger partial charge in [-0.25, -0.2) is 0 Å². The lowest BCUT2D eigenvalue weighted by Crippen LogP contribution is -2.46. The monoisotopic (exact) mass is 507 g/mol. The van der Waals surface area contributed by atoms with Gasteiger partial charge in [0.15, 0.2) is 5.96 Å². The van der Waals surface area contributed by atoms with E-state index in [9.17, 15) is 4.79 Å². The van der Waals surface area contributed by atoms with Gasteiger partial charge in [-0.2, -0.15) is 0 Å². The van der Waals surface area contributed by atoms with Crippen LogP contribution in [0.25, 0.3) is 0 Å². The van der Waals surface area contributed by atoms with Crippen LogP contribution >= 0.6 is 24.0 Å². The maximum absolute atomic E-state index is 12.1. The summed E-state index contributed by atoms with van der Waals surface area (Å²) in [5.41, 5.74) is 0. The van der Waals surface area contributed by atoms with Crippen LogP contribution in [0.5, 0.6) is 0 Å². The number of halogens is 1. The molecule has 3 heterocycles. The van der Waals surface area contributed by atoms with E-state index in [1.165, 1.54) is 12.8 Å². The summed E-state index contributed by atoms with van der Waals surface area (Å²) in [6, 6.07) is 0.618. The standard InChI is InChI=1S/C20H37N5O2.HI/c1-2-21-20(22-9-6-11-24-10-5-3-4-7-19(24)26)25-12-8-18(17-25)23-13-15-27-16-14-23;/h18H,2-17H2,1H3,(H,21,22);1H. The Kier molecular flexibility index (Phi) is 10.9. The van der Waals surface area contributed by atoms with Crippen molar-refractivity contribution in [1.82, 2.24) is 20.0 Å².